The van der Waals surface area contributed by atoms with Crippen LogP contribution < -0.4 is 5.30 Å². The molecule has 186 valence electrons. The second kappa shape index (κ2) is 14.0. The van der Waals surface area contributed by atoms with Crippen molar-refractivity contribution in [1.29, 1.82) is 0 Å². The third-order valence-corrected chi connectivity index (χ3v) is 4.34. The number of Topliss-reactive ketones (excluding diaryl/α,β-unsaturated/α-hetero) is 1. The maximum absolute atomic E-state index is 11.6. The molecule has 0 saturated carbocycles. The van der Waals surface area contributed by atoms with E-state index in [1.54, 1.807) is 13.3 Å². The lowest BCUT2D eigenvalue weighted by molar-refractivity contribution is -0.327. The first kappa shape index (κ1) is 37.0. The zero-order chi connectivity index (χ0) is 25.2. The van der Waals surface area contributed by atoms with Gasteiger partial charge < -0.3 is 9.36 Å². The van der Waals surface area contributed by atoms with E-state index in [9.17, 15) is 35.7 Å². The molecule has 0 bridgehead atoms. The molecule has 0 atom stereocenters. The van der Waals surface area contributed by atoms with Crippen LogP contribution >= 0.6 is 7.14 Å². The summed E-state index contributed by atoms with van der Waals surface area (Å²) >= 11 is 0. The molecule has 0 aliphatic carbocycles. The van der Waals surface area contributed by atoms with E-state index in [1.807, 2.05) is 30.3 Å². The highest BCUT2D eigenvalue weighted by molar-refractivity contribution is 7.70. The maximum Gasteiger partial charge on any atom is 0.402 e. The second-order valence-electron chi connectivity index (χ2n) is 9.22. The van der Waals surface area contributed by atoms with Crippen molar-refractivity contribution in [3.8, 4) is 0 Å². The average Bonchev–Trinajstić information content (AvgIpc) is 2.43. The van der Waals surface area contributed by atoms with E-state index in [2.05, 4.69) is 27.7 Å². The topological polar surface area (TPSA) is 34.1 Å². The Morgan fingerprint density at radius 2 is 0.968 bits per heavy atom. The Morgan fingerprint density at radius 1 is 0.742 bits per heavy atom. The third-order valence-electron chi connectivity index (χ3n) is 2.80. The first-order valence-corrected chi connectivity index (χ1v) is 11.7. The van der Waals surface area contributed by atoms with Gasteiger partial charge in [-0.1, -0.05) is 65.5 Å². The molecule has 0 fully saturated rings. The maximum atomic E-state index is 11.6. The summed E-state index contributed by atoms with van der Waals surface area (Å²) in [5.74, 6) is 0.167. The van der Waals surface area contributed by atoms with Crippen LogP contribution in [0.25, 0.3) is 0 Å². The largest absolute Gasteiger partial charge is 0.402 e. The Kier molecular flexibility index (Phi) is 16.7. The molecule has 0 heterocycles. The first-order chi connectivity index (χ1) is 12.8. The predicted octanol–water partition coefficient (Wildman–Crippen LogP) is 8.36. The van der Waals surface area contributed by atoms with Crippen LogP contribution in [0.5, 0.6) is 0 Å². The summed E-state index contributed by atoms with van der Waals surface area (Å²) < 4.78 is 81.1. The van der Waals surface area contributed by atoms with Crippen molar-refractivity contribution in [3.63, 3.8) is 0 Å². The number of ketones is 1. The summed E-state index contributed by atoms with van der Waals surface area (Å²) in [5.41, 5.74) is -3.12. The van der Waals surface area contributed by atoms with Crippen molar-refractivity contribution in [3.05, 3.63) is 30.3 Å². The van der Waals surface area contributed by atoms with Crippen molar-refractivity contribution in [1.82, 2.24) is 0 Å². The van der Waals surface area contributed by atoms with Crippen LogP contribution in [-0.4, -0.2) is 31.5 Å². The van der Waals surface area contributed by atoms with Crippen LogP contribution in [-0.2, 0) is 9.36 Å². The van der Waals surface area contributed by atoms with E-state index in [0.717, 1.165) is 5.30 Å². The van der Waals surface area contributed by atoms with Gasteiger partial charge in [-0.2, -0.15) is 26.3 Å². The molecule has 0 spiro atoms. The van der Waals surface area contributed by atoms with Crippen molar-refractivity contribution in [2.75, 3.05) is 13.3 Å². The molecule has 2 nitrogen and oxygen atoms in total. The van der Waals surface area contributed by atoms with Gasteiger partial charge >= 0.3 is 12.4 Å². The highest BCUT2D eigenvalue weighted by Crippen LogP contribution is 2.49. The van der Waals surface area contributed by atoms with Gasteiger partial charge in [-0.05, 0) is 46.4 Å². The van der Waals surface area contributed by atoms with E-state index < -0.39 is 24.9 Å². The molecule has 0 amide bonds. The Labute approximate surface area is 184 Å². The average molecular weight is 481 g/mol. The summed E-state index contributed by atoms with van der Waals surface area (Å²) in [6.45, 7) is 15.6. The van der Waals surface area contributed by atoms with E-state index in [1.165, 1.54) is 13.8 Å². The smallest absolute Gasteiger partial charge is 0.319 e. The summed E-state index contributed by atoms with van der Waals surface area (Å²) in [6.07, 6.45) is -10.5. The number of hydrogen-bond donors (Lipinski definition) is 0. The molecule has 0 N–H and O–H groups in total. The SMILES string of the molecule is C.CC(C)(C(F)(F)F)C(F)(F)F.CC(C)(C)C.CC(C)=O.CP(C)(=O)c1ccccc1. The van der Waals surface area contributed by atoms with Gasteiger partial charge in [0.2, 0.25) is 0 Å². The standard InChI is InChI=1S/C8H11OP.C5H6F6.C5H12.C3H6O.CH4/c1-10(2,9)8-6-4-3-5-7-8;1-3(2,4(6,7)8)5(9,10)11;1-5(2,3)4;1-3(2)4;/h3-7H,1-2H3;1-2H3;1-4H3;1-2H3;1H4. The molecule has 0 aromatic heterocycles. The molecule has 0 unspecified atom stereocenters. The van der Waals surface area contributed by atoms with Crippen LogP contribution in [0.2, 0.25) is 0 Å². The van der Waals surface area contributed by atoms with Gasteiger partial charge in [0.1, 0.15) is 12.9 Å². The molecular formula is C22H39F6O2P. The van der Waals surface area contributed by atoms with Crippen LogP contribution in [0.1, 0.15) is 62.8 Å². The van der Waals surface area contributed by atoms with Crippen molar-refractivity contribution in [2.45, 2.75) is 75.2 Å². The summed E-state index contributed by atoms with van der Waals surface area (Å²) in [6, 6.07) is 9.56. The highest BCUT2D eigenvalue weighted by Gasteiger charge is 2.64. The molecule has 31 heavy (non-hydrogen) atoms. The minimum Gasteiger partial charge on any atom is -0.319 e. The minimum atomic E-state index is -5.24. The molecule has 0 saturated heterocycles. The van der Waals surface area contributed by atoms with Gasteiger partial charge in [0, 0.05) is 5.30 Å². The van der Waals surface area contributed by atoms with Crippen LogP contribution in [0.15, 0.2) is 30.3 Å². The fourth-order valence-electron chi connectivity index (χ4n) is 0.948. The Balaban J connectivity index is -0.000000168. The summed E-state index contributed by atoms with van der Waals surface area (Å²) in [7, 11) is -2.02. The zero-order valence-corrected chi connectivity index (χ0v) is 20.3. The molecule has 9 heteroatoms. The molecule has 0 radical (unpaired) electrons. The molecule has 1 rings (SSSR count). The quantitative estimate of drug-likeness (QED) is 0.299. The van der Waals surface area contributed by atoms with Crippen LogP contribution in [0.3, 0.4) is 0 Å². The Morgan fingerprint density at radius 3 is 1.06 bits per heavy atom. The lowest BCUT2D eigenvalue weighted by Gasteiger charge is -2.29. The van der Waals surface area contributed by atoms with Crippen molar-refractivity contribution >= 4 is 18.2 Å². The Hall–Kier alpha value is -1.30. The molecule has 1 aromatic carbocycles. The fourth-order valence-corrected chi connectivity index (χ4v) is 1.84. The number of carbonyl (C=O) groups is 1. The number of carbonyl (C=O) groups excluding carboxylic acids is 1. The van der Waals surface area contributed by atoms with Crippen molar-refractivity contribution < 1.29 is 35.7 Å². The molecule has 0 aliphatic rings. The monoisotopic (exact) mass is 480 g/mol. The van der Waals surface area contributed by atoms with Gasteiger partial charge in [-0.3, -0.25) is 0 Å². The van der Waals surface area contributed by atoms with Crippen LogP contribution in [0, 0.1) is 10.8 Å². The molecular weight excluding hydrogens is 441 g/mol. The fraction of sp³-hybridized carbons (Fsp3) is 0.682. The second-order valence-corrected chi connectivity index (χ2v) is 12.4. The third kappa shape index (κ3) is 21.7. The van der Waals surface area contributed by atoms with E-state index >= 15 is 0 Å². The van der Waals surface area contributed by atoms with Gasteiger partial charge in [0.05, 0.1) is 0 Å². The number of alkyl halides is 6. The lowest BCUT2D eigenvalue weighted by atomic mass is 9.92. The van der Waals surface area contributed by atoms with E-state index in [-0.39, 0.29) is 27.1 Å². The van der Waals surface area contributed by atoms with E-state index in [4.69, 9.17) is 0 Å². The normalized spacial score (nSPS) is 11.9. The Bertz CT molecular complexity index is 625. The molecule has 0 aliphatic heterocycles. The minimum absolute atomic E-state index is 0. The highest BCUT2D eigenvalue weighted by atomic mass is 31.2. The summed E-state index contributed by atoms with van der Waals surface area (Å²) in [5, 5.41) is 0.954. The number of halogens is 6. The number of rotatable bonds is 1. The predicted molar refractivity (Wildman–Crippen MR) is 120 cm³/mol. The molecule has 1 aromatic rings. The number of hydrogen-bond acceptors (Lipinski definition) is 2. The summed E-state index contributed by atoms with van der Waals surface area (Å²) in [4.78, 5) is 9.44. The van der Waals surface area contributed by atoms with Crippen molar-refractivity contribution in [2.24, 2.45) is 10.8 Å². The van der Waals surface area contributed by atoms with Gasteiger partial charge in [0.15, 0.2) is 5.41 Å². The van der Waals surface area contributed by atoms with Gasteiger partial charge in [0.25, 0.3) is 0 Å². The zero-order valence-electron chi connectivity index (χ0n) is 19.4. The van der Waals surface area contributed by atoms with Crippen LogP contribution in [0.4, 0.5) is 26.3 Å². The first-order valence-electron chi connectivity index (χ1n) is 9.05. The van der Waals surface area contributed by atoms with Gasteiger partial charge in [-0.15, -0.1) is 0 Å². The lowest BCUT2D eigenvalue weighted by Crippen LogP contribution is -2.44. The number of benzene rings is 1. The van der Waals surface area contributed by atoms with E-state index in [0.29, 0.717) is 5.41 Å². The van der Waals surface area contributed by atoms with Gasteiger partial charge in [-0.25, -0.2) is 0 Å².